The number of anilines is 1. The molecule has 0 aliphatic carbocycles. The molecule has 0 amide bonds. The second-order valence-corrected chi connectivity index (χ2v) is 6.89. The van der Waals surface area contributed by atoms with Crippen molar-refractivity contribution in [3.05, 3.63) is 29.8 Å². The Bertz CT molecular complexity index is 554. The summed E-state index contributed by atoms with van der Waals surface area (Å²) >= 11 is 0. The van der Waals surface area contributed by atoms with Crippen molar-refractivity contribution in [2.45, 2.75) is 26.3 Å². The normalized spacial score (nSPS) is 20.6. The lowest BCUT2D eigenvalue weighted by Crippen LogP contribution is -2.44. The zero-order valence-electron chi connectivity index (χ0n) is 15.7. The zero-order chi connectivity index (χ0) is 18.1. The van der Waals surface area contributed by atoms with E-state index < -0.39 is 0 Å². The van der Waals surface area contributed by atoms with Gasteiger partial charge < -0.3 is 25.4 Å². The summed E-state index contributed by atoms with van der Waals surface area (Å²) in [5, 5.41) is 16.1. The topological polar surface area (TPSA) is 69.1 Å². The molecular formula is C19H32N4O2. The Kier molecular flexibility index (Phi) is 7.52. The molecule has 0 bridgehead atoms. The third-order valence-electron chi connectivity index (χ3n) is 4.65. The fourth-order valence-electron chi connectivity index (χ4n) is 3.03. The van der Waals surface area contributed by atoms with E-state index in [1.807, 2.05) is 14.1 Å². The van der Waals surface area contributed by atoms with Crippen molar-refractivity contribution < 1.29 is 9.84 Å². The van der Waals surface area contributed by atoms with Gasteiger partial charge in [0.15, 0.2) is 5.96 Å². The zero-order valence-corrected chi connectivity index (χ0v) is 15.7. The largest absolute Gasteiger partial charge is 0.396 e. The van der Waals surface area contributed by atoms with Crippen molar-refractivity contribution in [2.75, 3.05) is 51.9 Å². The number of ether oxygens (including phenoxy) is 1. The molecule has 25 heavy (non-hydrogen) atoms. The molecule has 6 heteroatoms. The van der Waals surface area contributed by atoms with Crippen LogP contribution in [0.5, 0.6) is 0 Å². The van der Waals surface area contributed by atoms with Gasteiger partial charge in [-0.1, -0.05) is 12.1 Å². The van der Waals surface area contributed by atoms with Gasteiger partial charge >= 0.3 is 0 Å². The summed E-state index contributed by atoms with van der Waals surface area (Å²) in [6.07, 6.45) is 1.73. The molecule has 2 rings (SSSR count). The van der Waals surface area contributed by atoms with Crippen molar-refractivity contribution >= 4 is 11.6 Å². The fourth-order valence-corrected chi connectivity index (χ4v) is 3.03. The molecule has 1 aromatic rings. The second-order valence-electron chi connectivity index (χ2n) is 6.89. The lowest BCUT2D eigenvalue weighted by molar-refractivity contribution is 0.127. The first kappa shape index (κ1) is 19.5. The molecule has 1 aliphatic heterocycles. The Morgan fingerprint density at radius 3 is 2.84 bits per heavy atom. The standard InChI is InChI=1S/C19H32N4O2/c1-4-20-18(22-14-19(8-10-24)9-11-25-15-19)21-13-16-6-5-7-17(12-16)23(2)3/h5-7,12,24H,4,8-11,13-15H2,1-3H3,(H2,20,21,22). The summed E-state index contributed by atoms with van der Waals surface area (Å²) in [6, 6.07) is 8.41. The average molecular weight is 348 g/mol. The van der Waals surface area contributed by atoms with Crippen molar-refractivity contribution in [3.8, 4) is 0 Å². The summed E-state index contributed by atoms with van der Waals surface area (Å²) < 4.78 is 5.55. The van der Waals surface area contributed by atoms with E-state index in [2.05, 4.69) is 46.7 Å². The van der Waals surface area contributed by atoms with E-state index >= 15 is 0 Å². The van der Waals surface area contributed by atoms with Gasteiger partial charge in [-0.15, -0.1) is 0 Å². The summed E-state index contributed by atoms with van der Waals surface area (Å²) in [5.41, 5.74) is 2.36. The van der Waals surface area contributed by atoms with Crippen LogP contribution in [0.15, 0.2) is 29.3 Å². The highest BCUT2D eigenvalue weighted by Crippen LogP contribution is 2.31. The number of nitrogens with one attached hydrogen (secondary N) is 2. The highest BCUT2D eigenvalue weighted by molar-refractivity contribution is 5.79. The van der Waals surface area contributed by atoms with Gasteiger partial charge in [0.2, 0.25) is 0 Å². The number of aliphatic hydroxyl groups is 1. The van der Waals surface area contributed by atoms with Crippen LogP contribution in [0.1, 0.15) is 25.3 Å². The first-order chi connectivity index (χ1) is 12.1. The quantitative estimate of drug-likeness (QED) is 0.492. The summed E-state index contributed by atoms with van der Waals surface area (Å²) in [5.74, 6) is 0.807. The van der Waals surface area contributed by atoms with Gasteiger partial charge in [0, 0.05) is 51.5 Å². The summed E-state index contributed by atoms with van der Waals surface area (Å²) in [7, 11) is 4.08. The molecule has 1 fully saturated rings. The van der Waals surface area contributed by atoms with E-state index in [1.54, 1.807) is 0 Å². The minimum Gasteiger partial charge on any atom is -0.396 e. The van der Waals surface area contributed by atoms with E-state index in [0.717, 1.165) is 38.5 Å². The molecule has 3 N–H and O–H groups in total. The Morgan fingerprint density at radius 2 is 2.20 bits per heavy atom. The Morgan fingerprint density at radius 1 is 1.36 bits per heavy atom. The van der Waals surface area contributed by atoms with Crippen LogP contribution in [0.3, 0.4) is 0 Å². The van der Waals surface area contributed by atoms with Crippen LogP contribution in [0, 0.1) is 5.41 Å². The number of aliphatic hydroxyl groups excluding tert-OH is 1. The number of nitrogens with zero attached hydrogens (tertiary/aromatic N) is 2. The number of hydrogen-bond donors (Lipinski definition) is 3. The van der Waals surface area contributed by atoms with Gasteiger partial charge in [-0.2, -0.15) is 0 Å². The maximum absolute atomic E-state index is 9.35. The molecule has 0 aromatic heterocycles. The minimum atomic E-state index is 0.00970. The Labute approximate surface area is 151 Å². The monoisotopic (exact) mass is 348 g/mol. The molecule has 0 radical (unpaired) electrons. The maximum atomic E-state index is 9.35. The second kappa shape index (κ2) is 9.63. The van der Waals surface area contributed by atoms with E-state index in [1.165, 1.54) is 11.3 Å². The first-order valence-corrected chi connectivity index (χ1v) is 9.05. The van der Waals surface area contributed by atoms with Gasteiger partial charge in [-0.3, -0.25) is 0 Å². The molecule has 0 saturated carbocycles. The average Bonchev–Trinajstić information content (AvgIpc) is 3.07. The molecule has 1 unspecified atom stereocenters. The highest BCUT2D eigenvalue weighted by Gasteiger charge is 2.34. The maximum Gasteiger partial charge on any atom is 0.191 e. The van der Waals surface area contributed by atoms with Crippen LogP contribution in [0.25, 0.3) is 0 Å². The smallest absolute Gasteiger partial charge is 0.191 e. The van der Waals surface area contributed by atoms with Gasteiger partial charge in [0.25, 0.3) is 0 Å². The molecule has 0 spiro atoms. The van der Waals surface area contributed by atoms with Crippen LogP contribution in [0.4, 0.5) is 5.69 Å². The molecule has 1 aliphatic rings. The van der Waals surface area contributed by atoms with Gasteiger partial charge in [-0.05, 0) is 37.5 Å². The number of rotatable bonds is 8. The third kappa shape index (κ3) is 5.90. The molecule has 140 valence electrons. The van der Waals surface area contributed by atoms with Crippen LogP contribution in [-0.2, 0) is 11.3 Å². The van der Waals surface area contributed by atoms with E-state index in [9.17, 15) is 5.11 Å². The van der Waals surface area contributed by atoms with Gasteiger partial charge in [0.05, 0.1) is 13.2 Å². The molecular weight excluding hydrogens is 316 g/mol. The minimum absolute atomic E-state index is 0.00970. The van der Waals surface area contributed by atoms with E-state index in [0.29, 0.717) is 13.2 Å². The predicted molar refractivity (Wildman–Crippen MR) is 103 cm³/mol. The van der Waals surface area contributed by atoms with Gasteiger partial charge in [0.1, 0.15) is 0 Å². The first-order valence-electron chi connectivity index (χ1n) is 9.05. The van der Waals surface area contributed by atoms with Gasteiger partial charge in [-0.25, -0.2) is 4.99 Å². The summed E-state index contributed by atoms with van der Waals surface area (Å²) in [4.78, 5) is 6.80. The molecule has 6 nitrogen and oxygen atoms in total. The van der Waals surface area contributed by atoms with Crippen molar-refractivity contribution in [1.82, 2.24) is 10.6 Å². The van der Waals surface area contributed by atoms with Crippen LogP contribution in [-0.4, -0.2) is 58.1 Å². The Balaban J connectivity index is 1.99. The van der Waals surface area contributed by atoms with E-state index in [4.69, 9.17) is 9.73 Å². The molecule has 1 heterocycles. The molecule has 1 saturated heterocycles. The predicted octanol–water partition coefficient (Wildman–Crippen LogP) is 1.60. The number of guanidine groups is 1. The molecule has 1 atom stereocenters. The third-order valence-corrected chi connectivity index (χ3v) is 4.65. The van der Waals surface area contributed by atoms with Crippen LogP contribution >= 0.6 is 0 Å². The van der Waals surface area contributed by atoms with Crippen molar-refractivity contribution in [3.63, 3.8) is 0 Å². The lowest BCUT2D eigenvalue weighted by atomic mass is 9.84. The van der Waals surface area contributed by atoms with Crippen LogP contribution < -0.4 is 15.5 Å². The molecule has 1 aromatic carbocycles. The lowest BCUT2D eigenvalue weighted by Gasteiger charge is -2.27. The highest BCUT2D eigenvalue weighted by atomic mass is 16.5. The Hall–Kier alpha value is -1.79. The number of aliphatic imine (C=N–C) groups is 1. The SMILES string of the molecule is CCNC(=NCc1cccc(N(C)C)c1)NCC1(CCO)CCOC1. The summed E-state index contributed by atoms with van der Waals surface area (Å²) in [6.45, 7) is 5.92. The number of benzene rings is 1. The number of hydrogen-bond acceptors (Lipinski definition) is 4. The fraction of sp³-hybridized carbons (Fsp3) is 0.632. The van der Waals surface area contributed by atoms with Crippen molar-refractivity contribution in [1.29, 1.82) is 0 Å². The van der Waals surface area contributed by atoms with Crippen LogP contribution in [0.2, 0.25) is 0 Å². The van der Waals surface area contributed by atoms with Crippen molar-refractivity contribution in [2.24, 2.45) is 10.4 Å². The van der Waals surface area contributed by atoms with E-state index in [-0.39, 0.29) is 12.0 Å².